The van der Waals surface area contributed by atoms with Crippen LogP contribution in [0.5, 0.6) is 5.75 Å². The molecule has 2 heterocycles. The summed E-state index contributed by atoms with van der Waals surface area (Å²) >= 11 is 1.76. The summed E-state index contributed by atoms with van der Waals surface area (Å²) in [4.78, 5) is 18.7. The standard InChI is InChI=1S/C29H36N2O4S/c32-28(31-35-29-17-6-7-18-33-29)16-3-1-2-10-23(20-30-21-25-13-9-19-36-25)22-34-27-15-8-12-24-11-4-5-14-26(24)27/h4-5,8-15,19,29-30H,1-3,6-7,16-18,20-22H2,(H,31,32). The molecule has 192 valence electrons. The lowest BCUT2D eigenvalue weighted by Crippen LogP contribution is -2.32. The Morgan fingerprint density at radius 1 is 1.08 bits per heavy atom. The van der Waals surface area contributed by atoms with Crippen LogP contribution in [0.25, 0.3) is 10.8 Å². The molecule has 1 aliphatic heterocycles. The Hall–Kier alpha value is -2.71. The molecule has 6 nitrogen and oxygen atoms in total. The van der Waals surface area contributed by atoms with Crippen molar-refractivity contribution in [1.29, 1.82) is 0 Å². The van der Waals surface area contributed by atoms with Gasteiger partial charge in [0.15, 0.2) is 6.29 Å². The average Bonchev–Trinajstić information content (AvgIpc) is 3.44. The molecular weight excluding hydrogens is 472 g/mol. The maximum absolute atomic E-state index is 12.1. The summed E-state index contributed by atoms with van der Waals surface area (Å²) < 4.78 is 11.7. The molecule has 0 radical (unpaired) electrons. The van der Waals surface area contributed by atoms with E-state index in [1.165, 1.54) is 15.8 Å². The van der Waals surface area contributed by atoms with E-state index in [0.29, 0.717) is 19.6 Å². The predicted molar refractivity (Wildman–Crippen MR) is 145 cm³/mol. The molecule has 4 rings (SSSR count). The zero-order valence-corrected chi connectivity index (χ0v) is 21.6. The first-order valence-electron chi connectivity index (χ1n) is 12.9. The molecule has 1 atom stereocenters. The van der Waals surface area contributed by atoms with Crippen molar-refractivity contribution in [2.75, 3.05) is 19.8 Å². The second-order valence-corrected chi connectivity index (χ2v) is 10.0. The average molecular weight is 509 g/mol. The number of hydrogen-bond donors (Lipinski definition) is 2. The molecule has 0 saturated carbocycles. The summed E-state index contributed by atoms with van der Waals surface area (Å²) in [5, 5.41) is 7.93. The van der Waals surface area contributed by atoms with Crippen LogP contribution in [-0.2, 0) is 20.9 Å². The first kappa shape index (κ1) is 26.4. The van der Waals surface area contributed by atoms with Gasteiger partial charge in [-0.1, -0.05) is 48.5 Å². The van der Waals surface area contributed by atoms with E-state index in [1.807, 2.05) is 24.3 Å². The van der Waals surface area contributed by atoms with Crippen molar-refractivity contribution in [2.24, 2.45) is 0 Å². The number of carbonyl (C=O) groups excluding carboxylic acids is 1. The fraction of sp³-hybridized carbons (Fsp3) is 0.414. The SMILES string of the molecule is O=C(CCCCC=C(CNCc1cccs1)COc1cccc2ccccc12)NOC1CCCCO1. The van der Waals surface area contributed by atoms with Gasteiger partial charge in [-0.3, -0.25) is 4.79 Å². The zero-order chi connectivity index (χ0) is 24.8. The minimum absolute atomic E-state index is 0.0923. The molecule has 1 amide bonds. The van der Waals surface area contributed by atoms with E-state index in [4.69, 9.17) is 14.3 Å². The Kier molecular flexibility index (Phi) is 10.8. The van der Waals surface area contributed by atoms with Gasteiger partial charge in [-0.15, -0.1) is 11.3 Å². The smallest absolute Gasteiger partial charge is 0.243 e. The maximum atomic E-state index is 12.1. The Labute approximate surface area is 217 Å². The quantitative estimate of drug-likeness (QED) is 0.156. The predicted octanol–water partition coefficient (Wildman–Crippen LogP) is 6.13. The topological polar surface area (TPSA) is 68.8 Å². The number of allylic oxidation sites excluding steroid dienone is 1. The molecule has 36 heavy (non-hydrogen) atoms. The van der Waals surface area contributed by atoms with Crippen LogP contribution in [0.3, 0.4) is 0 Å². The number of hydroxylamine groups is 1. The molecule has 1 fully saturated rings. The van der Waals surface area contributed by atoms with Gasteiger partial charge in [-0.25, -0.2) is 10.3 Å². The third kappa shape index (κ3) is 8.75. The number of ether oxygens (including phenoxy) is 2. The van der Waals surface area contributed by atoms with Crippen LogP contribution in [0, 0.1) is 0 Å². The van der Waals surface area contributed by atoms with Gasteiger partial charge in [0.25, 0.3) is 0 Å². The fourth-order valence-electron chi connectivity index (χ4n) is 4.16. The van der Waals surface area contributed by atoms with Crippen molar-refractivity contribution in [3.63, 3.8) is 0 Å². The van der Waals surface area contributed by atoms with Crippen LogP contribution < -0.4 is 15.5 Å². The van der Waals surface area contributed by atoms with E-state index in [2.05, 4.69) is 52.6 Å². The summed E-state index contributed by atoms with van der Waals surface area (Å²) in [6, 6.07) is 18.7. The van der Waals surface area contributed by atoms with Crippen molar-refractivity contribution in [3.05, 3.63) is 76.5 Å². The van der Waals surface area contributed by atoms with Crippen LogP contribution in [0.1, 0.15) is 49.8 Å². The summed E-state index contributed by atoms with van der Waals surface area (Å²) in [6.45, 7) is 2.83. The van der Waals surface area contributed by atoms with Crippen molar-refractivity contribution in [3.8, 4) is 5.75 Å². The van der Waals surface area contributed by atoms with Crippen molar-refractivity contribution in [1.82, 2.24) is 10.8 Å². The maximum Gasteiger partial charge on any atom is 0.243 e. The number of nitrogens with one attached hydrogen (secondary N) is 2. The second-order valence-electron chi connectivity index (χ2n) is 9.00. The van der Waals surface area contributed by atoms with Crippen LogP contribution in [0.4, 0.5) is 0 Å². The molecule has 7 heteroatoms. The molecule has 0 aliphatic carbocycles. The van der Waals surface area contributed by atoms with Crippen LogP contribution in [0.15, 0.2) is 71.6 Å². The number of unbranched alkanes of at least 4 members (excludes halogenated alkanes) is 2. The number of carbonyl (C=O) groups is 1. The highest BCUT2D eigenvalue weighted by Crippen LogP contribution is 2.25. The third-order valence-electron chi connectivity index (χ3n) is 6.13. The Bertz CT molecular complexity index is 1090. The van der Waals surface area contributed by atoms with E-state index >= 15 is 0 Å². The normalized spacial score (nSPS) is 16.2. The third-order valence-corrected chi connectivity index (χ3v) is 7.00. The molecule has 2 N–H and O–H groups in total. The zero-order valence-electron chi connectivity index (χ0n) is 20.7. The van der Waals surface area contributed by atoms with Gasteiger partial charge in [-0.05, 0) is 60.6 Å². The Morgan fingerprint density at radius 2 is 2.00 bits per heavy atom. The van der Waals surface area contributed by atoms with Gasteiger partial charge < -0.3 is 14.8 Å². The molecular formula is C29H36N2O4S. The van der Waals surface area contributed by atoms with E-state index in [0.717, 1.165) is 62.8 Å². The summed E-state index contributed by atoms with van der Waals surface area (Å²) in [5.74, 6) is 0.807. The molecule has 2 aromatic carbocycles. The van der Waals surface area contributed by atoms with Crippen molar-refractivity contribution in [2.45, 2.75) is 57.8 Å². The van der Waals surface area contributed by atoms with Crippen molar-refractivity contribution < 1.29 is 19.1 Å². The van der Waals surface area contributed by atoms with E-state index in [1.54, 1.807) is 11.3 Å². The Morgan fingerprint density at radius 3 is 2.86 bits per heavy atom. The highest BCUT2D eigenvalue weighted by Gasteiger charge is 2.15. The van der Waals surface area contributed by atoms with Crippen LogP contribution in [0.2, 0.25) is 0 Å². The van der Waals surface area contributed by atoms with Gasteiger partial charge in [0.2, 0.25) is 5.91 Å². The lowest BCUT2D eigenvalue weighted by molar-refractivity contribution is -0.200. The number of benzene rings is 2. The Balaban J connectivity index is 1.23. The molecule has 3 aromatic rings. The van der Waals surface area contributed by atoms with Crippen molar-refractivity contribution >= 4 is 28.0 Å². The number of thiophene rings is 1. The van der Waals surface area contributed by atoms with Gasteiger partial charge in [-0.2, -0.15) is 0 Å². The monoisotopic (exact) mass is 508 g/mol. The van der Waals surface area contributed by atoms with Gasteiger partial charge >= 0.3 is 0 Å². The number of rotatable bonds is 14. The number of fused-ring (bicyclic) bond motifs is 1. The molecule has 0 bridgehead atoms. The van der Waals surface area contributed by atoms with Gasteiger partial charge in [0, 0.05) is 42.8 Å². The van der Waals surface area contributed by atoms with E-state index in [-0.39, 0.29) is 12.2 Å². The minimum Gasteiger partial charge on any atom is -0.489 e. The molecule has 1 aromatic heterocycles. The molecule has 1 saturated heterocycles. The highest BCUT2D eigenvalue weighted by molar-refractivity contribution is 7.09. The lowest BCUT2D eigenvalue weighted by Gasteiger charge is -2.22. The van der Waals surface area contributed by atoms with Crippen LogP contribution in [-0.4, -0.2) is 32.0 Å². The number of amides is 1. The summed E-state index contributed by atoms with van der Waals surface area (Å²) in [5.41, 5.74) is 3.75. The van der Waals surface area contributed by atoms with E-state index < -0.39 is 0 Å². The summed E-state index contributed by atoms with van der Waals surface area (Å²) in [7, 11) is 0. The minimum atomic E-state index is -0.309. The largest absolute Gasteiger partial charge is 0.489 e. The molecule has 1 aliphatic rings. The second kappa shape index (κ2) is 14.8. The lowest BCUT2D eigenvalue weighted by atomic mass is 10.1. The molecule has 1 unspecified atom stereocenters. The fourth-order valence-corrected chi connectivity index (χ4v) is 4.83. The first-order valence-corrected chi connectivity index (χ1v) is 13.7. The van der Waals surface area contributed by atoms with Gasteiger partial charge in [0.1, 0.15) is 12.4 Å². The van der Waals surface area contributed by atoms with Crippen LogP contribution >= 0.6 is 11.3 Å². The first-order chi connectivity index (χ1) is 17.8. The van der Waals surface area contributed by atoms with E-state index in [9.17, 15) is 4.79 Å². The highest BCUT2D eigenvalue weighted by atomic mass is 32.1. The van der Waals surface area contributed by atoms with Gasteiger partial charge in [0.05, 0.1) is 0 Å². The summed E-state index contributed by atoms with van der Waals surface area (Å²) in [6.07, 6.45) is 7.96. The number of hydrogen-bond acceptors (Lipinski definition) is 6. The molecule has 0 spiro atoms.